The molecule has 0 spiro atoms. The Morgan fingerprint density at radius 3 is 2.50 bits per heavy atom. The van der Waals surface area contributed by atoms with Crippen molar-refractivity contribution >= 4 is 18.0 Å². The van der Waals surface area contributed by atoms with E-state index in [1.807, 2.05) is 0 Å². The minimum absolute atomic E-state index is 0.112. The van der Waals surface area contributed by atoms with E-state index in [0.717, 1.165) is 0 Å². The largest absolute Gasteiger partial charge is 0.465 e. The SMILES string of the molecule is C=Cc1c(C2CC(COC(C)=O)C(OC(C)=O)C2)[nH]c(=O)[nH]c1=O. The molecule has 1 fully saturated rings. The number of ether oxygens (including phenoxy) is 2. The zero-order valence-corrected chi connectivity index (χ0v) is 13.6. The Balaban J connectivity index is 2.30. The van der Waals surface area contributed by atoms with Crippen LogP contribution in [-0.4, -0.2) is 34.6 Å². The van der Waals surface area contributed by atoms with Crippen molar-refractivity contribution in [3.63, 3.8) is 0 Å². The fourth-order valence-electron chi connectivity index (χ4n) is 3.12. The number of carbonyl (C=O) groups is 2. The molecule has 8 nitrogen and oxygen atoms in total. The van der Waals surface area contributed by atoms with Crippen LogP contribution in [0.25, 0.3) is 6.08 Å². The van der Waals surface area contributed by atoms with Crippen LogP contribution in [0.4, 0.5) is 0 Å². The molecule has 0 bridgehead atoms. The van der Waals surface area contributed by atoms with Gasteiger partial charge < -0.3 is 14.5 Å². The second-order valence-corrected chi connectivity index (χ2v) is 5.82. The fraction of sp³-hybridized carbons (Fsp3) is 0.500. The molecule has 1 heterocycles. The Bertz CT molecular complexity index is 763. The number of aromatic nitrogens is 2. The summed E-state index contributed by atoms with van der Waals surface area (Å²) in [5.74, 6) is -1.27. The first-order valence-corrected chi connectivity index (χ1v) is 7.61. The highest BCUT2D eigenvalue weighted by molar-refractivity contribution is 5.66. The molecule has 3 unspecified atom stereocenters. The van der Waals surface area contributed by atoms with Crippen LogP contribution in [0.3, 0.4) is 0 Å². The predicted molar refractivity (Wildman–Crippen MR) is 85.4 cm³/mol. The molecule has 3 atom stereocenters. The number of esters is 2. The van der Waals surface area contributed by atoms with Crippen LogP contribution in [0.15, 0.2) is 16.2 Å². The van der Waals surface area contributed by atoms with Gasteiger partial charge >= 0.3 is 17.6 Å². The fourth-order valence-corrected chi connectivity index (χ4v) is 3.12. The van der Waals surface area contributed by atoms with E-state index in [9.17, 15) is 19.2 Å². The van der Waals surface area contributed by atoms with E-state index in [0.29, 0.717) is 18.5 Å². The number of hydrogen-bond donors (Lipinski definition) is 2. The van der Waals surface area contributed by atoms with Crippen LogP contribution in [0.1, 0.15) is 43.9 Å². The van der Waals surface area contributed by atoms with Crippen molar-refractivity contribution in [1.82, 2.24) is 9.97 Å². The monoisotopic (exact) mass is 336 g/mol. The summed E-state index contributed by atoms with van der Waals surface area (Å²) in [5, 5.41) is 0. The molecule has 130 valence electrons. The summed E-state index contributed by atoms with van der Waals surface area (Å²) >= 11 is 0. The van der Waals surface area contributed by atoms with Crippen LogP contribution in [-0.2, 0) is 19.1 Å². The first-order chi connectivity index (χ1) is 11.3. The van der Waals surface area contributed by atoms with Gasteiger partial charge in [-0.15, -0.1) is 0 Å². The van der Waals surface area contributed by atoms with Crippen LogP contribution in [0.2, 0.25) is 0 Å². The van der Waals surface area contributed by atoms with Gasteiger partial charge in [0.05, 0.1) is 12.2 Å². The lowest BCUT2D eigenvalue weighted by atomic mass is 9.98. The van der Waals surface area contributed by atoms with E-state index >= 15 is 0 Å². The summed E-state index contributed by atoms with van der Waals surface area (Å²) in [4.78, 5) is 50.6. The molecule has 1 aliphatic carbocycles. The number of hydrogen-bond acceptors (Lipinski definition) is 6. The Kier molecular flexibility index (Phi) is 5.38. The van der Waals surface area contributed by atoms with Crippen molar-refractivity contribution in [3.8, 4) is 0 Å². The molecule has 0 radical (unpaired) electrons. The highest BCUT2D eigenvalue weighted by Gasteiger charge is 2.39. The van der Waals surface area contributed by atoms with Gasteiger partial charge in [0.15, 0.2) is 0 Å². The van der Waals surface area contributed by atoms with E-state index in [2.05, 4.69) is 16.5 Å². The number of H-pyrrole nitrogens is 2. The predicted octanol–water partition coefficient (Wildman–Crippen LogP) is 0.695. The third-order valence-electron chi connectivity index (χ3n) is 4.07. The van der Waals surface area contributed by atoms with Gasteiger partial charge in [-0.05, 0) is 12.8 Å². The Morgan fingerprint density at radius 2 is 1.92 bits per heavy atom. The molecular formula is C16H20N2O6. The minimum Gasteiger partial charge on any atom is -0.465 e. The average Bonchev–Trinajstić information content (AvgIpc) is 2.86. The van der Waals surface area contributed by atoms with Gasteiger partial charge in [0, 0.05) is 31.4 Å². The zero-order chi connectivity index (χ0) is 17.9. The van der Waals surface area contributed by atoms with Crippen molar-refractivity contribution in [3.05, 3.63) is 38.7 Å². The Labute approximate surface area is 137 Å². The van der Waals surface area contributed by atoms with Crippen molar-refractivity contribution in [2.24, 2.45) is 5.92 Å². The molecule has 2 rings (SSSR count). The molecule has 2 N–H and O–H groups in total. The first kappa shape index (κ1) is 17.7. The van der Waals surface area contributed by atoms with E-state index in [1.54, 1.807) is 0 Å². The topological polar surface area (TPSA) is 118 Å². The van der Waals surface area contributed by atoms with E-state index in [1.165, 1.54) is 19.9 Å². The standard InChI is InChI=1S/C16H20N2O6/c1-4-12-14(17-16(22)18-15(12)21)10-5-11(7-23-8(2)19)13(6-10)24-9(3)20/h4,10-11,13H,1,5-7H2,2-3H3,(H2,17,18,21,22). The van der Waals surface area contributed by atoms with Crippen molar-refractivity contribution in [1.29, 1.82) is 0 Å². The molecule has 1 aliphatic rings. The van der Waals surface area contributed by atoms with Crippen LogP contribution in [0, 0.1) is 5.92 Å². The van der Waals surface area contributed by atoms with Crippen molar-refractivity contribution < 1.29 is 19.1 Å². The number of carbonyl (C=O) groups excluding carboxylic acids is 2. The normalized spacial score (nSPS) is 22.8. The van der Waals surface area contributed by atoms with Gasteiger partial charge in [0.25, 0.3) is 5.56 Å². The maximum absolute atomic E-state index is 11.9. The van der Waals surface area contributed by atoms with E-state index in [4.69, 9.17) is 9.47 Å². The first-order valence-electron chi connectivity index (χ1n) is 7.61. The molecule has 0 amide bonds. The number of rotatable bonds is 5. The van der Waals surface area contributed by atoms with Gasteiger partial charge in [0.2, 0.25) is 0 Å². The Morgan fingerprint density at radius 1 is 1.21 bits per heavy atom. The van der Waals surface area contributed by atoms with Gasteiger partial charge in [-0.3, -0.25) is 19.4 Å². The summed E-state index contributed by atoms with van der Waals surface area (Å²) in [7, 11) is 0. The lowest BCUT2D eigenvalue weighted by molar-refractivity contribution is -0.151. The second kappa shape index (κ2) is 7.29. The smallest absolute Gasteiger partial charge is 0.325 e. The van der Waals surface area contributed by atoms with E-state index < -0.39 is 29.3 Å². The molecule has 1 aromatic heterocycles. The molecule has 24 heavy (non-hydrogen) atoms. The second-order valence-electron chi connectivity index (χ2n) is 5.82. The summed E-state index contributed by atoms with van der Waals surface area (Å²) in [6.45, 7) is 6.32. The van der Waals surface area contributed by atoms with Crippen LogP contribution in [0.5, 0.6) is 0 Å². The Hall–Kier alpha value is -2.64. The summed E-state index contributed by atoms with van der Waals surface area (Å²) < 4.78 is 10.3. The molecule has 1 aromatic rings. The summed E-state index contributed by atoms with van der Waals surface area (Å²) in [5.41, 5.74) is -0.375. The number of nitrogens with one attached hydrogen (secondary N) is 2. The lowest BCUT2D eigenvalue weighted by Crippen LogP contribution is -2.27. The van der Waals surface area contributed by atoms with Gasteiger partial charge in [0.1, 0.15) is 6.10 Å². The maximum Gasteiger partial charge on any atom is 0.325 e. The maximum atomic E-state index is 11.9. The van der Waals surface area contributed by atoms with Crippen molar-refractivity contribution in [2.75, 3.05) is 6.61 Å². The molecule has 0 aromatic carbocycles. The van der Waals surface area contributed by atoms with Gasteiger partial charge in [-0.25, -0.2) is 4.79 Å². The molecule has 8 heteroatoms. The highest BCUT2D eigenvalue weighted by Crippen LogP contribution is 2.40. The van der Waals surface area contributed by atoms with Gasteiger partial charge in [-0.2, -0.15) is 0 Å². The third-order valence-corrected chi connectivity index (χ3v) is 4.07. The molecule has 0 aliphatic heterocycles. The highest BCUT2D eigenvalue weighted by atomic mass is 16.6. The van der Waals surface area contributed by atoms with Crippen LogP contribution < -0.4 is 11.2 Å². The number of aromatic amines is 2. The molecule has 0 saturated heterocycles. The van der Waals surface area contributed by atoms with Crippen LogP contribution >= 0.6 is 0 Å². The summed E-state index contributed by atoms with van der Waals surface area (Å²) in [6, 6.07) is 0. The van der Waals surface area contributed by atoms with Crippen molar-refractivity contribution in [2.45, 2.75) is 38.7 Å². The summed E-state index contributed by atoms with van der Waals surface area (Å²) in [6.07, 6.45) is 1.86. The molecule has 1 saturated carbocycles. The molecular weight excluding hydrogens is 316 g/mol. The quantitative estimate of drug-likeness (QED) is 0.764. The van der Waals surface area contributed by atoms with E-state index in [-0.39, 0.29) is 24.0 Å². The van der Waals surface area contributed by atoms with Gasteiger partial charge in [-0.1, -0.05) is 12.7 Å². The third kappa shape index (κ3) is 4.01. The lowest BCUT2D eigenvalue weighted by Gasteiger charge is -2.18. The minimum atomic E-state index is -0.604. The zero-order valence-electron chi connectivity index (χ0n) is 13.6. The average molecular weight is 336 g/mol.